The third-order valence-electron chi connectivity index (χ3n) is 6.12. The second kappa shape index (κ2) is 14.0. The molecule has 3 rings (SSSR count). The van der Waals surface area contributed by atoms with Crippen LogP contribution in [0.2, 0.25) is 0 Å². The summed E-state index contributed by atoms with van der Waals surface area (Å²) in [6, 6.07) is 14.0. The molecule has 2 aromatic carbocycles. The van der Waals surface area contributed by atoms with Gasteiger partial charge < -0.3 is 15.2 Å². The molecule has 1 heterocycles. The first-order chi connectivity index (χ1) is 18.2. The van der Waals surface area contributed by atoms with Crippen molar-refractivity contribution < 1.29 is 32.6 Å². The predicted octanol–water partition coefficient (Wildman–Crippen LogP) is 8.12. The largest absolute Gasteiger partial charge is 0.486 e. The molecule has 0 spiro atoms. The maximum atomic E-state index is 12.9. The first-order valence-corrected chi connectivity index (χ1v) is 13.6. The van der Waals surface area contributed by atoms with Crippen molar-refractivity contribution in [3.63, 3.8) is 0 Å². The van der Waals surface area contributed by atoms with E-state index in [1.165, 1.54) is 23.5 Å². The Labute approximate surface area is 224 Å². The molecule has 0 saturated heterocycles. The fourth-order valence-electron chi connectivity index (χ4n) is 4.07. The van der Waals surface area contributed by atoms with E-state index < -0.39 is 17.7 Å². The molecule has 1 atom stereocenters. The van der Waals surface area contributed by atoms with Gasteiger partial charge in [0.2, 0.25) is 0 Å². The third-order valence-corrected chi connectivity index (χ3v) is 7.05. The lowest BCUT2D eigenvalue weighted by Gasteiger charge is -2.20. The van der Waals surface area contributed by atoms with E-state index in [1.807, 2.05) is 11.4 Å². The Bertz CT molecular complexity index is 1170. The molecule has 2 N–H and O–H groups in total. The van der Waals surface area contributed by atoms with Crippen molar-refractivity contribution in [2.45, 2.75) is 64.1 Å². The van der Waals surface area contributed by atoms with Crippen LogP contribution in [0, 0.1) is 0 Å². The molecule has 0 saturated carbocycles. The molecule has 0 aliphatic rings. The number of aliphatic carboxylic acids is 1. The summed E-state index contributed by atoms with van der Waals surface area (Å²) in [5, 5.41) is 13.3. The fourth-order valence-corrected chi connectivity index (χ4v) is 4.94. The molecule has 1 amide bonds. The Morgan fingerprint density at radius 3 is 2.18 bits per heavy atom. The summed E-state index contributed by atoms with van der Waals surface area (Å²) in [4.78, 5) is 24.0. The van der Waals surface area contributed by atoms with Crippen molar-refractivity contribution in [3.8, 4) is 16.9 Å². The molecule has 0 bridgehead atoms. The average Bonchev–Trinajstić information content (AvgIpc) is 3.38. The van der Waals surface area contributed by atoms with E-state index in [9.17, 15) is 22.8 Å². The van der Waals surface area contributed by atoms with Crippen molar-refractivity contribution in [2.75, 3.05) is 6.54 Å². The van der Waals surface area contributed by atoms with Crippen molar-refractivity contribution >= 4 is 23.2 Å². The lowest BCUT2D eigenvalue weighted by Crippen LogP contribution is -2.26. The lowest BCUT2D eigenvalue weighted by molar-refractivity contribution is -0.138. The van der Waals surface area contributed by atoms with E-state index in [4.69, 9.17) is 9.84 Å². The molecule has 9 heteroatoms. The monoisotopic (exact) mass is 547 g/mol. The quantitative estimate of drug-likeness (QED) is 0.200. The minimum atomic E-state index is -4.38. The number of ether oxygens (including phenoxy) is 1. The van der Waals surface area contributed by atoms with Crippen LogP contribution in [0.1, 0.15) is 78.8 Å². The number of hydrogen-bond donors (Lipinski definition) is 2. The highest BCUT2D eigenvalue weighted by Crippen LogP contribution is 2.34. The molecule has 3 aromatic rings. The summed E-state index contributed by atoms with van der Waals surface area (Å²) in [7, 11) is 0. The van der Waals surface area contributed by atoms with Gasteiger partial charge in [0.25, 0.3) is 5.91 Å². The van der Waals surface area contributed by atoms with Gasteiger partial charge in [-0.3, -0.25) is 9.59 Å². The van der Waals surface area contributed by atoms with Gasteiger partial charge in [0.05, 0.1) is 16.9 Å². The van der Waals surface area contributed by atoms with Crippen molar-refractivity contribution in [1.82, 2.24) is 5.32 Å². The molecule has 1 aromatic heterocycles. The first-order valence-electron chi connectivity index (χ1n) is 12.7. The van der Waals surface area contributed by atoms with Crippen LogP contribution >= 0.6 is 11.3 Å². The zero-order chi connectivity index (χ0) is 27.5. The van der Waals surface area contributed by atoms with Gasteiger partial charge in [0, 0.05) is 12.1 Å². The first kappa shape index (κ1) is 29.2. The molecule has 38 heavy (non-hydrogen) atoms. The molecule has 0 fully saturated rings. The van der Waals surface area contributed by atoms with Gasteiger partial charge in [0.15, 0.2) is 0 Å². The second-order valence-electron chi connectivity index (χ2n) is 9.01. The second-order valence-corrected chi connectivity index (χ2v) is 9.93. The zero-order valence-electron chi connectivity index (χ0n) is 21.2. The Kier molecular flexibility index (Phi) is 10.8. The number of carboxylic acid groups (broad SMARTS) is 1. The molecule has 204 valence electrons. The standard InChI is InChI=1S/C29H32F3NO4S/c1-2-3-4-5-6-7-25(24-17-19-38-27(24)28(36)33-18-16-26(34)35)37-23-14-10-21(11-15-23)20-8-12-22(13-9-20)29(30,31)32/h8-15,17,19,25H,2-7,16,18H2,1H3,(H,33,36)(H,34,35)/t25-/m0/s1. The number of unbranched alkanes of at least 4 members (excludes halogenated alkanes) is 4. The van der Waals surface area contributed by atoms with Crippen LogP contribution in [0.15, 0.2) is 60.0 Å². The molecule has 0 aliphatic heterocycles. The van der Waals surface area contributed by atoms with Gasteiger partial charge in [-0.2, -0.15) is 13.2 Å². The topological polar surface area (TPSA) is 75.6 Å². The van der Waals surface area contributed by atoms with E-state index in [-0.39, 0.29) is 25.0 Å². The number of rotatable bonds is 14. The van der Waals surface area contributed by atoms with Crippen LogP contribution in [-0.4, -0.2) is 23.5 Å². The van der Waals surface area contributed by atoms with Crippen molar-refractivity contribution in [3.05, 3.63) is 76.0 Å². The smallest absolute Gasteiger partial charge is 0.416 e. The van der Waals surface area contributed by atoms with Crippen LogP contribution in [0.4, 0.5) is 13.2 Å². The predicted molar refractivity (Wildman–Crippen MR) is 143 cm³/mol. The minimum Gasteiger partial charge on any atom is -0.486 e. The van der Waals surface area contributed by atoms with E-state index in [2.05, 4.69) is 12.2 Å². The molecule has 0 radical (unpaired) electrons. The number of hydrogen-bond acceptors (Lipinski definition) is 4. The number of carboxylic acids is 1. The normalized spacial score (nSPS) is 12.2. The van der Waals surface area contributed by atoms with Crippen LogP contribution in [0.3, 0.4) is 0 Å². The van der Waals surface area contributed by atoms with Crippen LogP contribution in [0.5, 0.6) is 5.75 Å². The van der Waals surface area contributed by atoms with Crippen LogP contribution in [0.25, 0.3) is 11.1 Å². The number of thiophene rings is 1. The lowest BCUT2D eigenvalue weighted by atomic mass is 10.0. The molecule has 0 aliphatic carbocycles. The minimum absolute atomic E-state index is 0.0411. The van der Waals surface area contributed by atoms with E-state index in [0.29, 0.717) is 22.6 Å². The fraction of sp³-hybridized carbons (Fsp3) is 0.379. The van der Waals surface area contributed by atoms with Crippen LogP contribution < -0.4 is 10.1 Å². The number of alkyl halides is 3. The third kappa shape index (κ3) is 8.62. The summed E-state index contributed by atoms with van der Waals surface area (Å²) in [5.41, 5.74) is 1.48. The Balaban J connectivity index is 1.74. The number of nitrogens with one attached hydrogen (secondary N) is 1. The summed E-state index contributed by atoms with van der Waals surface area (Å²) in [6.45, 7) is 2.19. The number of benzene rings is 2. The molecule has 0 unspecified atom stereocenters. The highest BCUT2D eigenvalue weighted by molar-refractivity contribution is 7.12. The number of halogens is 3. The van der Waals surface area contributed by atoms with Crippen molar-refractivity contribution in [2.24, 2.45) is 0 Å². The maximum Gasteiger partial charge on any atom is 0.416 e. The van der Waals surface area contributed by atoms with Gasteiger partial charge in [-0.05, 0) is 59.7 Å². The van der Waals surface area contributed by atoms with Crippen molar-refractivity contribution in [1.29, 1.82) is 0 Å². The van der Waals surface area contributed by atoms with Crippen LogP contribution in [-0.2, 0) is 11.0 Å². The number of amides is 1. The van der Waals surface area contributed by atoms with E-state index >= 15 is 0 Å². The number of carbonyl (C=O) groups excluding carboxylic acids is 1. The summed E-state index contributed by atoms with van der Waals surface area (Å²) in [5.74, 6) is -0.721. The average molecular weight is 548 g/mol. The van der Waals surface area contributed by atoms with Gasteiger partial charge in [-0.1, -0.05) is 56.9 Å². The summed E-state index contributed by atoms with van der Waals surface area (Å²) in [6.07, 6.45) is 1.18. The molecular weight excluding hydrogens is 515 g/mol. The summed E-state index contributed by atoms with van der Waals surface area (Å²) < 4.78 is 44.9. The Morgan fingerprint density at radius 1 is 0.947 bits per heavy atom. The SMILES string of the molecule is CCCCCCC[C@H](Oc1ccc(-c2ccc(C(F)(F)F)cc2)cc1)c1ccsc1C(=O)NCCC(=O)O. The van der Waals surface area contributed by atoms with Gasteiger partial charge in [-0.15, -0.1) is 11.3 Å². The van der Waals surface area contributed by atoms with Gasteiger partial charge in [-0.25, -0.2) is 0 Å². The number of carbonyl (C=O) groups is 2. The van der Waals surface area contributed by atoms with Gasteiger partial charge in [0.1, 0.15) is 11.9 Å². The van der Waals surface area contributed by atoms with Gasteiger partial charge >= 0.3 is 12.1 Å². The highest BCUT2D eigenvalue weighted by Gasteiger charge is 2.30. The molecule has 5 nitrogen and oxygen atoms in total. The molecular formula is C29H32F3NO4S. The highest BCUT2D eigenvalue weighted by atomic mass is 32.1. The van der Waals surface area contributed by atoms with E-state index in [0.717, 1.165) is 55.4 Å². The Hall–Kier alpha value is -3.33. The zero-order valence-corrected chi connectivity index (χ0v) is 22.0. The summed E-state index contributed by atoms with van der Waals surface area (Å²) >= 11 is 1.29. The van der Waals surface area contributed by atoms with E-state index in [1.54, 1.807) is 24.3 Å². The maximum absolute atomic E-state index is 12.9. The Morgan fingerprint density at radius 2 is 1.58 bits per heavy atom.